The number of halogens is 4. The van der Waals surface area contributed by atoms with Crippen molar-refractivity contribution < 1.29 is 36.6 Å². The molecular formula is C17H13F4NO4. The van der Waals surface area contributed by atoms with Crippen LogP contribution in [0.15, 0.2) is 53.9 Å². The molecule has 9 heteroatoms. The molecule has 1 aromatic carbocycles. The van der Waals surface area contributed by atoms with Gasteiger partial charge in [0.25, 0.3) is 0 Å². The number of para-hydroxylation sites is 1. The summed E-state index contributed by atoms with van der Waals surface area (Å²) in [6, 6.07) is 2.37. The molecule has 1 aliphatic rings. The van der Waals surface area contributed by atoms with Gasteiger partial charge in [0.15, 0.2) is 0 Å². The van der Waals surface area contributed by atoms with Crippen molar-refractivity contribution >= 4 is 17.6 Å². The van der Waals surface area contributed by atoms with E-state index in [1.165, 1.54) is 12.2 Å². The van der Waals surface area contributed by atoms with Crippen LogP contribution in [-0.2, 0) is 25.2 Å². The molecule has 0 fully saturated rings. The Hall–Kier alpha value is -3.10. The minimum Gasteiger partial charge on any atom is -0.465 e. The van der Waals surface area contributed by atoms with Gasteiger partial charge in [-0.15, -0.1) is 0 Å². The smallest absolute Gasteiger partial charge is 0.418 e. The standard InChI is InChI=1S/C17H13F4NO4/c1-25-15(23)10-6-3-4-9-22(13(10)16(24)26-2)14-11(17(19,20)21)7-5-8-12(14)18/h3-9H,1-2H3. The number of carbonyl (C=O) groups is 2. The van der Waals surface area contributed by atoms with Crippen LogP contribution < -0.4 is 4.90 Å². The molecule has 0 aromatic heterocycles. The Balaban J connectivity index is 2.83. The number of carbonyl (C=O) groups excluding carboxylic acids is 2. The summed E-state index contributed by atoms with van der Waals surface area (Å²) in [5.74, 6) is -3.38. The maximum absolute atomic E-state index is 14.4. The lowest BCUT2D eigenvalue weighted by atomic mass is 10.1. The second kappa shape index (κ2) is 7.42. The van der Waals surface area contributed by atoms with Crippen LogP contribution in [0, 0.1) is 5.82 Å². The topological polar surface area (TPSA) is 55.8 Å². The molecule has 1 aromatic rings. The quantitative estimate of drug-likeness (QED) is 0.603. The summed E-state index contributed by atoms with van der Waals surface area (Å²) in [6.45, 7) is 0. The van der Waals surface area contributed by atoms with E-state index in [9.17, 15) is 27.2 Å². The van der Waals surface area contributed by atoms with Crippen LogP contribution in [0.5, 0.6) is 0 Å². The van der Waals surface area contributed by atoms with Crippen LogP contribution in [0.25, 0.3) is 0 Å². The van der Waals surface area contributed by atoms with E-state index in [1.807, 2.05) is 0 Å². The zero-order valence-corrected chi connectivity index (χ0v) is 13.6. The first-order chi connectivity index (χ1) is 12.2. The molecule has 0 N–H and O–H groups in total. The fraction of sp³-hybridized carbons (Fsp3) is 0.176. The van der Waals surface area contributed by atoms with Crippen molar-refractivity contribution in [2.24, 2.45) is 0 Å². The Bertz CT molecular complexity index is 825. The zero-order valence-electron chi connectivity index (χ0n) is 13.6. The number of methoxy groups -OCH3 is 2. The average molecular weight is 371 g/mol. The van der Waals surface area contributed by atoms with E-state index >= 15 is 0 Å². The van der Waals surface area contributed by atoms with Gasteiger partial charge in [-0.3, -0.25) is 0 Å². The van der Waals surface area contributed by atoms with Gasteiger partial charge in [-0.05, 0) is 24.3 Å². The summed E-state index contributed by atoms with van der Waals surface area (Å²) in [5.41, 5.74) is -3.27. The van der Waals surface area contributed by atoms with E-state index < -0.39 is 40.9 Å². The first-order valence-corrected chi connectivity index (χ1v) is 7.13. The number of esters is 2. The van der Waals surface area contributed by atoms with Gasteiger partial charge in [0, 0.05) is 6.20 Å². The molecule has 0 saturated carbocycles. The second-order valence-corrected chi connectivity index (χ2v) is 4.95. The van der Waals surface area contributed by atoms with Crippen molar-refractivity contribution in [2.75, 3.05) is 19.1 Å². The molecular weight excluding hydrogens is 358 g/mol. The monoisotopic (exact) mass is 371 g/mol. The molecule has 5 nitrogen and oxygen atoms in total. The number of anilines is 1. The number of hydrogen-bond donors (Lipinski definition) is 0. The predicted octanol–water partition coefficient (Wildman–Crippen LogP) is 3.33. The Morgan fingerprint density at radius 3 is 2.27 bits per heavy atom. The van der Waals surface area contributed by atoms with Gasteiger partial charge in [0.2, 0.25) is 0 Å². The number of rotatable bonds is 3. The highest BCUT2D eigenvalue weighted by atomic mass is 19.4. The molecule has 0 saturated heterocycles. The molecule has 0 amide bonds. The molecule has 0 spiro atoms. The first-order valence-electron chi connectivity index (χ1n) is 7.13. The van der Waals surface area contributed by atoms with Crippen molar-refractivity contribution in [3.63, 3.8) is 0 Å². The van der Waals surface area contributed by atoms with E-state index in [2.05, 4.69) is 9.47 Å². The van der Waals surface area contributed by atoms with Crippen molar-refractivity contribution in [1.29, 1.82) is 0 Å². The average Bonchev–Trinajstić information content (AvgIpc) is 2.82. The van der Waals surface area contributed by atoms with E-state index in [0.717, 1.165) is 38.6 Å². The fourth-order valence-electron chi connectivity index (χ4n) is 2.33. The minimum atomic E-state index is -4.91. The van der Waals surface area contributed by atoms with Crippen LogP contribution in [-0.4, -0.2) is 26.2 Å². The predicted molar refractivity (Wildman–Crippen MR) is 83.2 cm³/mol. The molecule has 1 heterocycles. The SMILES string of the molecule is COC(=O)C1=C(C(=O)OC)N(c2c(F)cccc2C(F)(F)F)C=CC=C1. The third-order valence-corrected chi connectivity index (χ3v) is 3.42. The van der Waals surface area contributed by atoms with Crippen LogP contribution >= 0.6 is 0 Å². The van der Waals surface area contributed by atoms with Gasteiger partial charge >= 0.3 is 18.1 Å². The Kier molecular flexibility index (Phi) is 5.49. The van der Waals surface area contributed by atoms with Gasteiger partial charge < -0.3 is 14.4 Å². The highest BCUT2D eigenvalue weighted by molar-refractivity contribution is 6.05. The number of ether oxygens (including phenoxy) is 2. The van der Waals surface area contributed by atoms with E-state index in [1.54, 1.807) is 0 Å². The van der Waals surface area contributed by atoms with E-state index in [-0.39, 0.29) is 5.57 Å². The molecule has 1 aliphatic heterocycles. The Labute approximate surface area is 145 Å². The maximum atomic E-state index is 14.4. The molecule has 2 rings (SSSR count). The third kappa shape index (κ3) is 3.61. The van der Waals surface area contributed by atoms with E-state index in [4.69, 9.17) is 0 Å². The fourth-order valence-corrected chi connectivity index (χ4v) is 2.33. The molecule has 0 aliphatic carbocycles. The highest BCUT2D eigenvalue weighted by Gasteiger charge is 2.39. The summed E-state index contributed by atoms with van der Waals surface area (Å²) in [6.07, 6.45) is -0.193. The number of nitrogens with zero attached hydrogens (tertiary/aromatic N) is 1. The van der Waals surface area contributed by atoms with Gasteiger partial charge in [-0.2, -0.15) is 13.2 Å². The molecule has 0 radical (unpaired) electrons. The summed E-state index contributed by atoms with van der Waals surface area (Å²) >= 11 is 0. The number of hydrogen-bond acceptors (Lipinski definition) is 5. The van der Waals surface area contributed by atoms with Crippen LogP contribution in [0.4, 0.5) is 23.2 Å². The molecule has 138 valence electrons. The van der Waals surface area contributed by atoms with Crippen LogP contribution in [0.1, 0.15) is 5.56 Å². The van der Waals surface area contributed by atoms with Crippen molar-refractivity contribution in [2.45, 2.75) is 6.18 Å². The number of allylic oxidation sites excluding steroid dienone is 2. The van der Waals surface area contributed by atoms with E-state index in [0.29, 0.717) is 11.0 Å². The molecule has 26 heavy (non-hydrogen) atoms. The van der Waals surface area contributed by atoms with Crippen molar-refractivity contribution in [1.82, 2.24) is 0 Å². The molecule has 0 bridgehead atoms. The first kappa shape index (κ1) is 19.2. The normalized spacial score (nSPS) is 14.3. The summed E-state index contributed by atoms with van der Waals surface area (Å²) in [7, 11) is 2.01. The largest absolute Gasteiger partial charge is 0.465 e. The zero-order chi connectivity index (χ0) is 19.5. The van der Waals surface area contributed by atoms with Crippen LogP contribution in [0.2, 0.25) is 0 Å². The second-order valence-electron chi connectivity index (χ2n) is 4.95. The Morgan fingerprint density at radius 2 is 1.69 bits per heavy atom. The van der Waals surface area contributed by atoms with Gasteiger partial charge in [0.1, 0.15) is 11.5 Å². The lowest BCUT2D eigenvalue weighted by molar-refractivity contribution is -0.139. The summed E-state index contributed by atoms with van der Waals surface area (Å²) < 4.78 is 63.6. The summed E-state index contributed by atoms with van der Waals surface area (Å²) in [4.78, 5) is 24.8. The summed E-state index contributed by atoms with van der Waals surface area (Å²) in [5, 5.41) is 0. The maximum Gasteiger partial charge on any atom is 0.418 e. The number of alkyl halides is 3. The van der Waals surface area contributed by atoms with Crippen LogP contribution in [0.3, 0.4) is 0 Å². The lowest BCUT2D eigenvalue weighted by Crippen LogP contribution is -2.29. The van der Waals surface area contributed by atoms with Gasteiger partial charge in [0.05, 0.1) is 31.0 Å². The third-order valence-electron chi connectivity index (χ3n) is 3.42. The Morgan fingerprint density at radius 1 is 1.04 bits per heavy atom. The lowest BCUT2D eigenvalue weighted by Gasteiger charge is -2.26. The van der Waals surface area contributed by atoms with Crippen molar-refractivity contribution in [3.05, 3.63) is 65.3 Å². The van der Waals surface area contributed by atoms with Gasteiger partial charge in [-0.1, -0.05) is 12.1 Å². The highest BCUT2D eigenvalue weighted by Crippen LogP contribution is 2.40. The number of benzene rings is 1. The van der Waals surface area contributed by atoms with Crippen molar-refractivity contribution in [3.8, 4) is 0 Å². The molecule has 0 unspecified atom stereocenters. The minimum absolute atomic E-state index is 0.388. The van der Waals surface area contributed by atoms with Gasteiger partial charge in [-0.25, -0.2) is 14.0 Å². The molecule has 0 atom stereocenters.